The number of halogens is 1. The number of aryl methyl sites for hydroxylation is 2. The summed E-state index contributed by atoms with van der Waals surface area (Å²) in [5.74, 6) is -0.194. The molecule has 1 heterocycles. The fourth-order valence-electron chi connectivity index (χ4n) is 2.37. The molecule has 2 aromatic carbocycles. The van der Waals surface area contributed by atoms with Crippen molar-refractivity contribution >= 4 is 34.5 Å². The van der Waals surface area contributed by atoms with E-state index in [-0.39, 0.29) is 5.91 Å². The van der Waals surface area contributed by atoms with Crippen LogP contribution in [0.4, 0.5) is 5.69 Å². The van der Waals surface area contributed by atoms with Crippen molar-refractivity contribution in [2.75, 3.05) is 5.32 Å². The number of anilines is 1. The minimum Gasteiger partial charge on any atom is -0.321 e. The number of hydrogen-bond acceptors (Lipinski definition) is 3. The van der Waals surface area contributed by atoms with Crippen molar-refractivity contribution in [2.24, 2.45) is 0 Å². The van der Waals surface area contributed by atoms with E-state index in [4.69, 9.17) is 11.6 Å². The van der Waals surface area contributed by atoms with Crippen LogP contribution < -0.4 is 5.32 Å². The molecule has 3 aromatic rings. The molecule has 5 heteroatoms. The van der Waals surface area contributed by atoms with Crippen molar-refractivity contribution in [3.8, 4) is 11.3 Å². The Hall–Kier alpha value is -2.17. The number of carbonyl (C=O) groups excluding carboxylic acids is 1. The Labute approximate surface area is 144 Å². The average molecular weight is 343 g/mol. The molecule has 0 radical (unpaired) electrons. The lowest BCUT2D eigenvalue weighted by molar-refractivity contribution is 0.103. The van der Waals surface area contributed by atoms with Crippen LogP contribution in [0.15, 0.2) is 48.5 Å². The van der Waals surface area contributed by atoms with E-state index in [0.29, 0.717) is 15.0 Å². The summed E-state index contributed by atoms with van der Waals surface area (Å²) >= 11 is 7.23. The third-order valence-corrected chi connectivity index (χ3v) is 4.64. The Morgan fingerprint density at radius 2 is 1.87 bits per heavy atom. The molecule has 0 saturated carbocycles. The monoisotopic (exact) mass is 342 g/mol. The molecule has 1 amide bonds. The second kappa shape index (κ2) is 6.52. The Bertz CT molecular complexity index is 859. The summed E-state index contributed by atoms with van der Waals surface area (Å²) in [5.41, 5.74) is 4.47. The zero-order chi connectivity index (χ0) is 16.4. The summed E-state index contributed by atoms with van der Waals surface area (Å²) in [6.07, 6.45) is 0. The number of thiazole rings is 1. The quantitative estimate of drug-likeness (QED) is 0.698. The number of hydrogen-bond donors (Lipinski definition) is 1. The molecule has 0 aliphatic carbocycles. The molecule has 0 aliphatic heterocycles. The predicted octanol–water partition coefficient (Wildman–Crippen LogP) is 5.33. The van der Waals surface area contributed by atoms with Crippen molar-refractivity contribution in [1.82, 2.24) is 4.98 Å². The van der Waals surface area contributed by atoms with E-state index in [9.17, 15) is 4.79 Å². The van der Waals surface area contributed by atoms with Gasteiger partial charge in [0.1, 0.15) is 4.88 Å². The van der Waals surface area contributed by atoms with Crippen LogP contribution >= 0.6 is 22.9 Å². The lowest BCUT2D eigenvalue weighted by Gasteiger charge is -2.09. The van der Waals surface area contributed by atoms with E-state index in [1.54, 1.807) is 0 Å². The zero-order valence-corrected chi connectivity index (χ0v) is 14.3. The maximum Gasteiger partial charge on any atom is 0.268 e. The van der Waals surface area contributed by atoms with Crippen LogP contribution in [-0.4, -0.2) is 10.9 Å². The molecule has 0 unspecified atom stereocenters. The predicted molar refractivity (Wildman–Crippen MR) is 96.4 cm³/mol. The van der Waals surface area contributed by atoms with Gasteiger partial charge >= 0.3 is 0 Å². The largest absolute Gasteiger partial charge is 0.321 e. The van der Waals surface area contributed by atoms with Crippen LogP contribution in [-0.2, 0) is 0 Å². The Balaban J connectivity index is 1.94. The van der Waals surface area contributed by atoms with Crippen LogP contribution in [0.3, 0.4) is 0 Å². The molecular weight excluding hydrogens is 328 g/mol. The van der Waals surface area contributed by atoms with E-state index in [2.05, 4.69) is 10.3 Å². The number of carbonyl (C=O) groups is 1. The Morgan fingerprint density at radius 3 is 2.57 bits per heavy atom. The lowest BCUT2D eigenvalue weighted by Crippen LogP contribution is -2.12. The molecular formula is C18H15ClN2OS. The van der Waals surface area contributed by atoms with Crippen LogP contribution in [0.25, 0.3) is 11.3 Å². The number of nitrogens with one attached hydrogen (secondary N) is 1. The molecule has 116 valence electrons. The van der Waals surface area contributed by atoms with E-state index in [1.165, 1.54) is 11.3 Å². The smallest absolute Gasteiger partial charge is 0.268 e. The van der Waals surface area contributed by atoms with Gasteiger partial charge in [-0.3, -0.25) is 4.79 Å². The first kappa shape index (κ1) is 15.7. The van der Waals surface area contributed by atoms with E-state index >= 15 is 0 Å². The molecule has 0 atom stereocenters. The summed E-state index contributed by atoms with van der Waals surface area (Å²) in [6, 6.07) is 15.5. The van der Waals surface area contributed by atoms with Crippen molar-refractivity contribution < 1.29 is 4.79 Å². The minimum absolute atomic E-state index is 0.194. The highest BCUT2D eigenvalue weighted by Gasteiger charge is 2.19. The van der Waals surface area contributed by atoms with Crippen LogP contribution in [0, 0.1) is 13.8 Å². The molecule has 23 heavy (non-hydrogen) atoms. The second-order valence-corrected chi connectivity index (χ2v) is 6.86. The first-order chi connectivity index (χ1) is 11.0. The highest BCUT2D eigenvalue weighted by molar-refractivity contribution is 7.18. The van der Waals surface area contributed by atoms with Gasteiger partial charge in [-0.2, -0.15) is 0 Å². The molecule has 3 rings (SSSR count). The van der Waals surface area contributed by atoms with Gasteiger partial charge in [-0.15, -0.1) is 0 Å². The minimum atomic E-state index is -0.194. The molecule has 0 fully saturated rings. The van der Waals surface area contributed by atoms with Crippen LogP contribution in [0.1, 0.15) is 20.8 Å². The second-order valence-electron chi connectivity index (χ2n) is 5.28. The Kier molecular flexibility index (Phi) is 4.46. The third kappa shape index (κ3) is 3.44. The molecule has 3 nitrogen and oxygen atoms in total. The van der Waals surface area contributed by atoms with Crippen LogP contribution in [0.5, 0.6) is 0 Å². The first-order valence-electron chi connectivity index (χ1n) is 7.15. The van der Waals surface area contributed by atoms with E-state index in [0.717, 1.165) is 22.4 Å². The van der Waals surface area contributed by atoms with Gasteiger partial charge in [0, 0.05) is 11.3 Å². The summed E-state index contributed by atoms with van der Waals surface area (Å²) in [4.78, 5) is 17.5. The van der Waals surface area contributed by atoms with Gasteiger partial charge in [-0.1, -0.05) is 71.0 Å². The maximum atomic E-state index is 12.7. The van der Waals surface area contributed by atoms with Crippen LogP contribution in [0.2, 0.25) is 4.47 Å². The number of benzene rings is 2. The number of rotatable bonds is 3. The highest BCUT2D eigenvalue weighted by Crippen LogP contribution is 2.31. The summed E-state index contributed by atoms with van der Waals surface area (Å²) < 4.78 is 0.356. The SMILES string of the molecule is Cc1ccc(NC(=O)c2sc(Cl)nc2-c2ccccc2)c(C)c1. The van der Waals surface area contributed by atoms with E-state index in [1.807, 2.05) is 62.4 Å². The Morgan fingerprint density at radius 1 is 1.13 bits per heavy atom. The average Bonchev–Trinajstić information content (AvgIpc) is 2.93. The topological polar surface area (TPSA) is 42.0 Å². The third-order valence-electron chi connectivity index (χ3n) is 3.48. The normalized spacial score (nSPS) is 10.6. The van der Waals surface area contributed by atoms with Gasteiger partial charge in [-0.25, -0.2) is 4.98 Å². The summed E-state index contributed by atoms with van der Waals surface area (Å²) in [7, 11) is 0. The van der Waals surface area contributed by atoms with Crippen molar-refractivity contribution in [3.05, 3.63) is 69.0 Å². The fourth-order valence-corrected chi connectivity index (χ4v) is 3.40. The molecule has 0 bridgehead atoms. The molecule has 1 aromatic heterocycles. The molecule has 0 spiro atoms. The molecule has 1 N–H and O–H groups in total. The van der Waals surface area contributed by atoms with Crippen molar-refractivity contribution in [3.63, 3.8) is 0 Å². The van der Waals surface area contributed by atoms with E-state index < -0.39 is 0 Å². The van der Waals surface area contributed by atoms with Gasteiger partial charge in [-0.05, 0) is 25.5 Å². The van der Waals surface area contributed by atoms with Gasteiger partial charge < -0.3 is 5.32 Å². The van der Waals surface area contributed by atoms with Crippen molar-refractivity contribution in [1.29, 1.82) is 0 Å². The highest BCUT2D eigenvalue weighted by atomic mass is 35.5. The molecule has 0 aliphatic rings. The summed E-state index contributed by atoms with van der Waals surface area (Å²) in [6.45, 7) is 4.00. The first-order valence-corrected chi connectivity index (χ1v) is 8.34. The molecule has 0 saturated heterocycles. The number of aromatic nitrogens is 1. The fraction of sp³-hybridized carbons (Fsp3) is 0.111. The lowest BCUT2D eigenvalue weighted by atomic mass is 10.1. The summed E-state index contributed by atoms with van der Waals surface area (Å²) in [5, 5.41) is 2.95. The van der Waals surface area contributed by atoms with Gasteiger partial charge in [0.15, 0.2) is 4.47 Å². The van der Waals surface area contributed by atoms with Gasteiger partial charge in [0.2, 0.25) is 0 Å². The number of amides is 1. The standard InChI is InChI=1S/C18H15ClN2OS/c1-11-8-9-14(12(2)10-11)20-17(22)16-15(21-18(19)23-16)13-6-4-3-5-7-13/h3-10H,1-2H3,(H,20,22). The number of nitrogens with zero attached hydrogens (tertiary/aromatic N) is 1. The zero-order valence-electron chi connectivity index (χ0n) is 12.8. The van der Waals surface area contributed by atoms with Gasteiger partial charge in [0.25, 0.3) is 5.91 Å². The van der Waals surface area contributed by atoms with Crippen molar-refractivity contribution in [2.45, 2.75) is 13.8 Å². The van der Waals surface area contributed by atoms with Gasteiger partial charge in [0.05, 0.1) is 5.69 Å². The maximum absolute atomic E-state index is 12.7.